The summed E-state index contributed by atoms with van der Waals surface area (Å²) in [5, 5.41) is 16.5. The van der Waals surface area contributed by atoms with Gasteiger partial charge in [0.2, 0.25) is 0 Å². The van der Waals surface area contributed by atoms with Gasteiger partial charge in [0, 0.05) is 0 Å². The zero-order valence-corrected chi connectivity index (χ0v) is 4.54. The molecule has 0 saturated heterocycles. The quantitative estimate of drug-likeness (QED) is 0.503. The number of hydrogen-bond donors (Lipinski definition) is 2. The summed E-state index contributed by atoms with van der Waals surface area (Å²) in [5.41, 5.74) is 0. The summed E-state index contributed by atoms with van der Waals surface area (Å²) in [6, 6.07) is 0. The van der Waals surface area contributed by atoms with Crippen molar-refractivity contribution >= 4 is 0 Å². The monoisotopic (exact) mass is 154 g/mol. The molecule has 0 heterocycles. The van der Waals surface area contributed by atoms with Crippen LogP contribution < -0.4 is 0 Å². The second kappa shape index (κ2) is 4.56. The van der Waals surface area contributed by atoms with E-state index in [0.717, 1.165) is 0 Å². The first-order valence-corrected chi connectivity index (χ1v) is 2.19. The second-order valence-electron chi connectivity index (χ2n) is 1.09. The van der Waals surface area contributed by atoms with Gasteiger partial charge in [0.05, 0.1) is 0 Å². The predicted molar refractivity (Wildman–Crippen MR) is 19.0 cm³/mol. The van der Waals surface area contributed by atoms with Crippen LogP contribution in [-0.4, -0.2) is 29.5 Å². The molecule has 48 valence electrons. The van der Waals surface area contributed by atoms with Gasteiger partial charge < -0.3 is 0 Å². The summed E-state index contributed by atoms with van der Waals surface area (Å²) in [5.74, 6) is 0. The van der Waals surface area contributed by atoms with Crippen molar-refractivity contribution in [3.05, 3.63) is 0 Å². The van der Waals surface area contributed by atoms with Gasteiger partial charge in [-0.1, -0.05) is 0 Å². The van der Waals surface area contributed by atoms with E-state index in [0.29, 0.717) is 0 Å². The molecule has 2 N–H and O–H groups in total. The average molecular weight is 155 g/mol. The Morgan fingerprint density at radius 1 is 1.71 bits per heavy atom. The van der Waals surface area contributed by atoms with Crippen molar-refractivity contribution in [3.63, 3.8) is 0 Å². The third-order valence-corrected chi connectivity index (χ3v) is 0.610. The molecular formula is C3H7CuO3. The van der Waals surface area contributed by atoms with Crippen LogP contribution in [0.2, 0.25) is 0 Å². The minimum atomic E-state index is -0.827. The van der Waals surface area contributed by atoms with E-state index in [1.807, 2.05) is 0 Å². The van der Waals surface area contributed by atoms with E-state index in [1.165, 1.54) is 0 Å². The fraction of sp³-hybridized carbons (Fsp3) is 1.00. The van der Waals surface area contributed by atoms with Crippen molar-refractivity contribution in [2.75, 3.05) is 13.2 Å². The van der Waals surface area contributed by atoms with E-state index < -0.39 is 6.10 Å². The van der Waals surface area contributed by atoms with E-state index in [4.69, 9.17) is 10.2 Å². The molecule has 3 nitrogen and oxygen atoms in total. The fourth-order valence-corrected chi connectivity index (χ4v) is 0.292. The molecule has 0 spiro atoms. The van der Waals surface area contributed by atoms with Crippen LogP contribution in [0.15, 0.2) is 0 Å². The Morgan fingerprint density at radius 3 is 2.43 bits per heavy atom. The van der Waals surface area contributed by atoms with Crippen molar-refractivity contribution < 1.29 is 30.4 Å². The molecule has 0 aromatic rings. The van der Waals surface area contributed by atoms with Gasteiger partial charge in [-0.3, -0.25) is 0 Å². The molecule has 1 atom stereocenters. The van der Waals surface area contributed by atoms with Crippen LogP contribution in [0.4, 0.5) is 0 Å². The molecule has 0 radical (unpaired) electrons. The van der Waals surface area contributed by atoms with Crippen molar-refractivity contribution in [2.45, 2.75) is 6.10 Å². The first-order chi connectivity index (χ1) is 3.31. The molecule has 0 aromatic carbocycles. The number of hydrogen-bond acceptors (Lipinski definition) is 3. The standard InChI is InChI=1S/C3H7O3.Cu/c4-1-3(6)2-5;/h3-4,6H,1-2H2;/q-1;+1. The molecule has 0 aliphatic carbocycles. The van der Waals surface area contributed by atoms with Crippen LogP contribution in [0.5, 0.6) is 0 Å². The average Bonchev–Trinajstić information content (AvgIpc) is 1.68. The van der Waals surface area contributed by atoms with Crippen molar-refractivity contribution in [1.82, 2.24) is 0 Å². The van der Waals surface area contributed by atoms with E-state index >= 15 is 0 Å². The van der Waals surface area contributed by atoms with Crippen LogP contribution in [-0.2, 0) is 20.2 Å². The van der Waals surface area contributed by atoms with Crippen molar-refractivity contribution in [2.24, 2.45) is 0 Å². The van der Waals surface area contributed by atoms with E-state index in [-0.39, 0.29) is 13.2 Å². The topological polar surface area (TPSA) is 49.7 Å². The van der Waals surface area contributed by atoms with Crippen LogP contribution in [0.1, 0.15) is 0 Å². The molecule has 0 aliphatic rings. The van der Waals surface area contributed by atoms with Gasteiger partial charge in [0.25, 0.3) is 0 Å². The second-order valence-corrected chi connectivity index (χ2v) is 1.36. The molecule has 0 bridgehead atoms. The first kappa shape index (κ1) is 7.40. The Labute approximate surface area is 50.4 Å². The predicted octanol–water partition coefficient (Wildman–Crippen LogP) is -1.18. The molecule has 0 rings (SSSR count). The summed E-state index contributed by atoms with van der Waals surface area (Å²) < 4.78 is 4.05. The van der Waals surface area contributed by atoms with Crippen LogP contribution >= 0.6 is 0 Å². The van der Waals surface area contributed by atoms with Gasteiger partial charge in [-0.25, -0.2) is 0 Å². The Kier molecular flexibility index (Phi) is 4.82. The van der Waals surface area contributed by atoms with Gasteiger partial charge in [0.1, 0.15) is 0 Å². The molecular weight excluding hydrogens is 148 g/mol. The van der Waals surface area contributed by atoms with Crippen LogP contribution in [0.25, 0.3) is 0 Å². The minimum absolute atomic E-state index is 0.0104. The molecule has 0 amide bonds. The molecule has 0 saturated carbocycles. The Hall–Kier alpha value is 0.399. The van der Waals surface area contributed by atoms with Crippen LogP contribution in [0, 0.1) is 0 Å². The van der Waals surface area contributed by atoms with Gasteiger partial charge in [-0.2, -0.15) is 0 Å². The Morgan fingerprint density at radius 2 is 2.29 bits per heavy atom. The van der Waals surface area contributed by atoms with Gasteiger partial charge in [0.15, 0.2) is 0 Å². The Balaban J connectivity index is 2.83. The molecule has 1 unspecified atom stereocenters. The maximum atomic E-state index is 8.41. The van der Waals surface area contributed by atoms with Crippen molar-refractivity contribution in [1.29, 1.82) is 0 Å². The summed E-state index contributed by atoms with van der Waals surface area (Å²) in [6.07, 6.45) is -0.827. The van der Waals surface area contributed by atoms with E-state index in [9.17, 15) is 0 Å². The molecule has 0 aliphatic heterocycles. The summed E-state index contributed by atoms with van der Waals surface area (Å²) in [7, 11) is 0. The van der Waals surface area contributed by atoms with E-state index in [1.54, 1.807) is 0 Å². The van der Waals surface area contributed by atoms with Crippen LogP contribution in [0.3, 0.4) is 0 Å². The third kappa shape index (κ3) is 4.25. The zero-order valence-electron chi connectivity index (χ0n) is 3.60. The normalized spacial score (nSPS) is 14.3. The van der Waals surface area contributed by atoms with E-state index in [2.05, 4.69) is 20.2 Å². The van der Waals surface area contributed by atoms with Gasteiger partial charge in [-0.05, 0) is 0 Å². The SMILES string of the molecule is OCC(O)C[O][Cu]. The fourth-order valence-electron chi connectivity index (χ4n) is 0.111. The molecule has 0 fully saturated rings. The Bertz CT molecular complexity index is 41.2. The molecule has 7 heavy (non-hydrogen) atoms. The number of rotatable bonds is 3. The van der Waals surface area contributed by atoms with Gasteiger partial charge >= 0.3 is 49.7 Å². The maximum absolute atomic E-state index is 8.41. The zero-order chi connectivity index (χ0) is 5.70. The molecule has 0 aromatic heterocycles. The van der Waals surface area contributed by atoms with Gasteiger partial charge in [-0.15, -0.1) is 0 Å². The first-order valence-electron chi connectivity index (χ1n) is 1.80. The molecule has 4 heteroatoms. The number of aliphatic hydroxyl groups is 2. The number of aliphatic hydroxyl groups excluding tert-OH is 2. The summed E-state index contributed by atoms with van der Waals surface area (Å²) in [4.78, 5) is 0. The van der Waals surface area contributed by atoms with Crippen molar-refractivity contribution in [3.8, 4) is 0 Å². The summed E-state index contributed by atoms with van der Waals surface area (Å²) >= 11 is 4.15. The summed E-state index contributed by atoms with van der Waals surface area (Å²) in [6.45, 7) is -0.288. The third-order valence-electron chi connectivity index (χ3n) is 0.453.